The molecule has 1 aromatic heterocycles. The molecule has 30 heavy (non-hydrogen) atoms. The van der Waals surface area contributed by atoms with Crippen molar-refractivity contribution in [3.8, 4) is 5.75 Å². The van der Waals surface area contributed by atoms with E-state index in [-0.39, 0.29) is 17.0 Å². The summed E-state index contributed by atoms with van der Waals surface area (Å²) < 4.78 is 27.0. The molecule has 0 aliphatic rings. The Hall–Kier alpha value is -3.29. The third-order valence-electron chi connectivity index (χ3n) is 3.74. The number of amides is 1. The highest BCUT2D eigenvalue weighted by Crippen LogP contribution is 2.22. The van der Waals surface area contributed by atoms with Crippen LogP contribution < -0.4 is 10.0 Å². The van der Waals surface area contributed by atoms with Gasteiger partial charge in [0.15, 0.2) is 0 Å². The van der Waals surface area contributed by atoms with Crippen LogP contribution in [0.15, 0.2) is 34.5 Å². The maximum Gasteiger partial charge on any atom is 0.339 e. The Morgan fingerprint density at radius 1 is 1.17 bits per heavy atom. The summed E-state index contributed by atoms with van der Waals surface area (Å²) in [4.78, 5) is 44.7. The third kappa shape index (κ3) is 5.85. The second-order valence-electron chi connectivity index (χ2n) is 5.92. The van der Waals surface area contributed by atoms with Crippen LogP contribution in [0.3, 0.4) is 0 Å². The number of benzene rings is 1. The van der Waals surface area contributed by atoms with E-state index < -0.39 is 51.6 Å². The molecule has 0 bridgehead atoms. The van der Waals surface area contributed by atoms with Gasteiger partial charge in [-0.2, -0.15) is 0 Å². The van der Waals surface area contributed by atoms with Gasteiger partial charge >= 0.3 is 11.9 Å². The minimum Gasteiger partial charge on any atom is -0.507 e. The van der Waals surface area contributed by atoms with Gasteiger partial charge in [-0.25, -0.2) is 17.9 Å². The van der Waals surface area contributed by atoms with Gasteiger partial charge in [0.2, 0.25) is 10.0 Å². The maximum atomic E-state index is 12.4. The lowest BCUT2D eigenvalue weighted by Crippen LogP contribution is -2.37. The quantitative estimate of drug-likeness (QED) is 0.315. The zero-order chi connectivity index (χ0) is 22.5. The fourth-order valence-electron chi connectivity index (χ4n) is 2.27. The zero-order valence-electron chi connectivity index (χ0n) is 15.1. The summed E-state index contributed by atoms with van der Waals surface area (Å²) in [6.45, 7) is -0.213. The molecule has 0 aliphatic carbocycles. The van der Waals surface area contributed by atoms with Gasteiger partial charge in [-0.3, -0.25) is 9.59 Å². The highest BCUT2D eigenvalue weighted by molar-refractivity contribution is 7.89. The van der Waals surface area contributed by atoms with Gasteiger partial charge in [0.25, 0.3) is 5.91 Å². The monoisotopic (exact) mass is 456 g/mol. The summed E-state index contributed by atoms with van der Waals surface area (Å²) in [6, 6.07) is 2.97. The van der Waals surface area contributed by atoms with Crippen LogP contribution in [0.5, 0.6) is 5.75 Å². The highest BCUT2D eigenvalue weighted by atomic mass is 32.2. The molecule has 1 aromatic carbocycles. The van der Waals surface area contributed by atoms with Crippen molar-refractivity contribution in [2.24, 2.45) is 0 Å². The van der Waals surface area contributed by atoms with Crippen LogP contribution in [0, 0.1) is 0 Å². The van der Waals surface area contributed by atoms with Crippen LogP contribution in [0.2, 0.25) is 0 Å². The molecule has 0 fully saturated rings. The lowest BCUT2D eigenvalue weighted by Gasteiger charge is -2.09. The number of aliphatic carboxylic acids is 1. The smallest absolute Gasteiger partial charge is 0.339 e. The summed E-state index contributed by atoms with van der Waals surface area (Å²) in [6.07, 6.45) is -0.270. The summed E-state index contributed by atoms with van der Waals surface area (Å²) >= 11 is 1.05. The van der Waals surface area contributed by atoms with Crippen molar-refractivity contribution >= 4 is 45.5 Å². The maximum absolute atomic E-state index is 12.4. The molecule has 0 spiro atoms. The van der Waals surface area contributed by atoms with E-state index in [9.17, 15) is 32.7 Å². The van der Waals surface area contributed by atoms with Crippen LogP contribution >= 0.6 is 11.3 Å². The molecule has 5 N–H and O–H groups in total. The van der Waals surface area contributed by atoms with E-state index in [2.05, 4.69) is 10.0 Å². The minimum absolute atomic E-state index is 0.115. The van der Waals surface area contributed by atoms with Crippen molar-refractivity contribution in [3.05, 3.63) is 45.6 Å². The molecule has 1 amide bonds. The number of carbonyl (C=O) groups is 4. The first-order valence-corrected chi connectivity index (χ1v) is 10.5. The van der Waals surface area contributed by atoms with Gasteiger partial charge in [-0.05, 0) is 24.3 Å². The lowest BCUT2D eigenvalue weighted by atomic mass is 10.2. The molecule has 0 radical (unpaired) electrons. The van der Waals surface area contributed by atoms with E-state index >= 15 is 0 Å². The van der Waals surface area contributed by atoms with E-state index in [1.54, 1.807) is 0 Å². The molecule has 160 valence electrons. The number of phenols is 1. The van der Waals surface area contributed by atoms with E-state index in [0.717, 1.165) is 29.5 Å². The molecule has 11 nitrogen and oxygen atoms in total. The van der Waals surface area contributed by atoms with Gasteiger partial charge in [0.1, 0.15) is 17.6 Å². The number of aldehydes is 1. The van der Waals surface area contributed by atoms with Gasteiger partial charge in [0.05, 0.1) is 22.9 Å². The molecule has 0 unspecified atom stereocenters. The Morgan fingerprint density at radius 3 is 2.47 bits per heavy atom. The predicted octanol–water partition coefficient (Wildman–Crippen LogP) is 0.402. The number of hydrogen-bond acceptors (Lipinski definition) is 8. The minimum atomic E-state index is -4.11. The molecule has 1 heterocycles. The van der Waals surface area contributed by atoms with E-state index in [0.29, 0.717) is 11.2 Å². The second-order valence-corrected chi connectivity index (χ2v) is 8.69. The van der Waals surface area contributed by atoms with Crippen molar-refractivity contribution < 1.29 is 42.9 Å². The van der Waals surface area contributed by atoms with Gasteiger partial charge in [0, 0.05) is 16.8 Å². The van der Waals surface area contributed by atoms with Crippen molar-refractivity contribution in [1.29, 1.82) is 0 Å². The first-order valence-electron chi connectivity index (χ1n) is 8.15. The summed E-state index contributed by atoms with van der Waals surface area (Å²) in [5, 5.41) is 30.8. The van der Waals surface area contributed by atoms with E-state index in [1.165, 1.54) is 11.4 Å². The largest absolute Gasteiger partial charge is 0.507 e. The Kier molecular flexibility index (Phi) is 7.26. The molecular weight excluding hydrogens is 440 g/mol. The van der Waals surface area contributed by atoms with Crippen molar-refractivity contribution in [2.45, 2.75) is 23.9 Å². The number of rotatable bonds is 10. The number of carboxylic acid groups (broad SMARTS) is 2. The molecule has 0 saturated carbocycles. The van der Waals surface area contributed by atoms with Crippen molar-refractivity contribution in [3.63, 3.8) is 0 Å². The number of sulfonamides is 1. The van der Waals surface area contributed by atoms with Gasteiger partial charge in [-0.15, -0.1) is 11.3 Å². The average molecular weight is 456 g/mol. The van der Waals surface area contributed by atoms with E-state index in [1.807, 2.05) is 0 Å². The number of aromatic carboxylic acids is 1. The van der Waals surface area contributed by atoms with E-state index in [4.69, 9.17) is 10.2 Å². The zero-order valence-corrected chi connectivity index (χ0v) is 16.7. The number of nitrogens with one attached hydrogen (secondary N) is 2. The van der Waals surface area contributed by atoms with Gasteiger partial charge in [-0.1, -0.05) is 0 Å². The molecule has 0 saturated heterocycles. The first-order chi connectivity index (χ1) is 14.0. The van der Waals surface area contributed by atoms with Crippen molar-refractivity contribution in [1.82, 2.24) is 10.0 Å². The Labute approximate surface area is 174 Å². The topological polar surface area (TPSA) is 187 Å². The molecule has 1 atom stereocenters. The Morgan fingerprint density at radius 2 is 1.87 bits per heavy atom. The van der Waals surface area contributed by atoms with Gasteiger partial charge < -0.3 is 25.4 Å². The van der Waals surface area contributed by atoms with Crippen LogP contribution in [0.25, 0.3) is 0 Å². The highest BCUT2D eigenvalue weighted by Gasteiger charge is 2.20. The lowest BCUT2D eigenvalue weighted by molar-refractivity contribution is -0.138. The van der Waals surface area contributed by atoms with Crippen molar-refractivity contribution in [2.75, 3.05) is 0 Å². The molecule has 0 aliphatic heterocycles. The fourth-order valence-corrected chi connectivity index (χ4v) is 4.20. The predicted molar refractivity (Wildman–Crippen MR) is 103 cm³/mol. The first kappa shape index (κ1) is 23.0. The third-order valence-corrected chi connectivity index (χ3v) is 6.07. The SMILES string of the molecule is O=C[C@H](CC(=O)O)NC(=O)c1csc(CNS(=O)(=O)c2ccc(O)c(C(=O)O)c2)c1. The summed E-state index contributed by atoms with van der Waals surface area (Å²) in [5.41, 5.74) is -0.455. The number of hydrogen-bond donors (Lipinski definition) is 5. The number of carbonyl (C=O) groups excluding carboxylic acids is 2. The Bertz CT molecular complexity index is 1090. The normalized spacial score (nSPS) is 12.1. The molecular formula is C17H16N2O9S2. The average Bonchev–Trinajstić information content (AvgIpc) is 3.14. The molecule has 2 aromatic rings. The Balaban J connectivity index is 2.07. The van der Waals surface area contributed by atoms with Crippen LogP contribution in [0.4, 0.5) is 0 Å². The summed E-state index contributed by atoms with van der Waals surface area (Å²) in [5.74, 6) is -4.02. The van der Waals surface area contributed by atoms with Crippen LogP contribution in [0.1, 0.15) is 32.0 Å². The number of aromatic hydroxyl groups is 1. The second kappa shape index (κ2) is 9.47. The molecule has 13 heteroatoms. The fraction of sp³-hybridized carbons (Fsp3) is 0.176. The number of carboxylic acids is 2. The van der Waals surface area contributed by atoms with Crippen LogP contribution in [-0.4, -0.2) is 53.9 Å². The summed E-state index contributed by atoms with van der Waals surface area (Å²) in [7, 11) is -4.11. The molecule has 2 rings (SSSR count). The van der Waals surface area contributed by atoms with Crippen LogP contribution in [-0.2, 0) is 26.2 Å². The standard InChI is InChI=1S/C17H16N2O9S2/c20-7-10(4-15(22)23)19-16(24)9-3-11(29-8-9)6-18-30(27,28)12-1-2-14(21)13(5-12)17(25)26/h1-3,5,7-8,10,18,21H,4,6H2,(H,19,24)(H,22,23)(H,25,26)/t10-/m0/s1. The number of thiophene rings is 1.